The third-order valence-electron chi connectivity index (χ3n) is 3.90. The Morgan fingerprint density at radius 1 is 1.32 bits per heavy atom. The molecule has 1 rings (SSSR count). The number of hydrogen-bond acceptors (Lipinski definition) is 4. The molecular formula is C12H21N3O4. The van der Waals surface area contributed by atoms with Crippen molar-refractivity contribution >= 4 is 17.8 Å². The Morgan fingerprint density at radius 2 is 1.84 bits per heavy atom. The van der Waals surface area contributed by atoms with Gasteiger partial charge in [0.1, 0.15) is 0 Å². The van der Waals surface area contributed by atoms with Crippen molar-refractivity contribution in [1.29, 1.82) is 0 Å². The van der Waals surface area contributed by atoms with Crippen LogP contribution >= 0.6 is 0 Å². The minimum Gasteiger partial charge on any atom is -0.481 e. The van der Waals surface area contributed by atoms with Crippen molar-refractivity contribution in [2.75, 3.05) is 13.1 Å². The van der Waals surface area contributed by atoms with Crippen LogP contribution in [-0.4, -0.2) is 46.9 Å². The van der Waals surface area contributed by atoms with Crippen molar-refractivity contribution in [2.24, 2.45) is 16.9 Å². The second-order valence-electron chi connectivity index (χ2n) is 5.04. The van der Waals surface area contributed by atoms with Crippen molar-refractivity contribution in [1.82, 2.24) is 4.90 Å². The van der Waals surface area contributed by atoms with Crippen molar-refractivity contribution in [3.8, 4) is 0 Å². The second-order valence-corrected chi connectivity index (χ2v) is 5.04. The quantitative estimate of drug-likeness (QED) is 0.609. The fraction of sp³-hybridized carbons (Fsp3) is 0.750. The van der Waals surface area contributed by atoms with Gasteiger partial charge in [-0.05, 0) is 19.3 Å². The summed E-state index contributed by atoms with van der Waals surface area (Å²) >= 11 is 0. The highest BCUT2D eigenvalue weighted by Crippen LogP contribution is 2.35. The van der Waals surface area contributed by atoms with Crippen molar-refractivity contribution in [2.45, 2.75) is 38.6 Å². The average Bonchev–Trinajstić information content (AvgIpc) is 2.37. The molecule has 1 aliphatic rings. The van der Waals surface area contributed by atoms with Crippen LogP contribution < -0.4 is 11.5 Å². The lowest BCUT2D eigenvalue weighted by Gasteiger charge is -2.39. The molecule has 0 aromatic carbocycles. The molecule has 108 valence electrons. The first-order valence-corrected chi connectivity index (χ1v) is 6.38. The number of nitrogens with two attached hydrogens (primary N) is 2. The Labute approximate surface area is 111 Å². The number of carboxylic acids is 1. The summed E-state index contributed by atoms with van der Waals surface area (Å²) in [4.78, 5) is 35.5. The zero-order chi connectivity index (χ0) is 14.6. The van der Waals surface area contributed by atoms with Crippen LogP contribution in [0.25, 0.3) is 0 Å². The van der Waals surface area contributed by atoms with Gasteiger partial charge in [0.25, 0.3) is 0 Å². The van der Waals surface area contributed by atoms with Gasteiger partial charge < -0.3 is 21.5 Å². The number of nitrogens with zero attached hydrogens (tertiary/aromatic N) is 1. The molecule has 5 N–H and O–H groups in total. The van der Waals surface area contributed by atoms with Gasteiger partial charge in [-0.25, -0.2) is 0 Å². The molecule has 0 radical (unpaired) electrons. The molecule has 0 bridgehead atoms. The zero-order valence-electron chi connectivity index (χ0n) is 11.1. The van der Waals surface area contributed by atoms with Gasteiger partial charge >= 0.3 is 5.97 Å². The molecule has 1 aliphatic heterocycles. The third-order valence-corrected chi connectivity index (χ3v) is 3.90. The van der Waals surface area contributed by atoms with E-state index >= 15 is 0 Å². The molecule has 7 heteroatoms. The summed E-state index contributed by atoms with van der Waals surface area (Å²) in [7, 11) is 0. The second kappa shape index (κ2) is 6.01. The van der Waals surface area contributed by atoms with E-state index in [-0.39, 0.29) is 12.3 Å². The van der Waals surface area contributed by atoms with E-state index in [1.165, 1.54) is 4.90 Å². The summed E-state index contributed by atoms with van der Waals surface area (Å²) in [6.07, 6.45) is 1.17. The fourth-order valence-corrected chi connectivity index (χ4v) is 2.41. The molecular weight excluding hydrogens is 250 g/mol. The lowest BCUT2D eigenvalue weighted by molar-refractivity contribution is -0.154. The number of carboxylic acid groups (broad SMARTS) is 1. The number of carbonyl (C=O) groups is 3. The first-order valence-electron chi connectivity index (χ1n) is 6.38. The van der Waals surface area contributed by atoms with Gasteiger partial charge in [0, 0.05) is 13.1 Å². The molecule has 0 spiro atoms. The lowest BCUT2D eigenvalue weighted by atomic mass is 9.76. The summed E-state index contributed by atoms with van der Waals surface area (Å²) in [5.41, 5.74) is 9.85. The van der Waals surface area contributed by atoms with E-state index in [1.807, 2.05) is 6.92 Å². The maximum atomic E-state index is 11.9. The molecule has 1 heterocycles. The molecule has 1 unspecified atom stereocenters. The van der Waals surface area contributed by atoms with Gasteiger partial charge in [-0.15, -0.1) is 0 Å². The number of carbonyl (C=O) groups excluding carboxylic acids is 2. The molecule has 2 amide bonds. The molecule has 0 aliphatic carbocycles. The summed E-state index contributed by atoms with van der Waals surface area (Å²) in [5.74, 6) is -1.77. The number of primary amides is 1. The summed E-state index contributed by atoms with van der Waals surface area (Å²) < 4.78 is 0. The molecule has 7 nitrogen and oxygen atoms in total. The van der Waals surface area contributed by atoms with Gasteiger partial charge in [-0.3, -0.25) is 14.4 Å². The van der Waals surface area contributed by atoms with E-state index in [2.05, 4.69) is 0 Å². The molecule has 0 aromatic heterocycles. The normalized spacial score (nSPS) is 19.8. The third kappa shape index (κ3) is 3.44. The number of likely N-dealkylation sites (tertiary alicyclic amines) is 1. The minimum atomic E-state index is -0.934. The van der Waals surface area contributed by atoms with Crippen LogP contribution in [0.1, 0.15) is 32.6 Å². The van der Waals surface area contributed by atoms with E-state index in [1.54, 1.807) is 0 Å². The molecule has 0 aromatic rings. The first kappa shape index (κ1) is 15.4. The summed E-state index contributed by atoms with van der Waals surface area (Å²) in [6.45, 7) is 2.54. The monoisotopic (exact) mass is 271 g/mol. The predicted octanol–water partition coefficient (Wildman–Crippen LogP) is -0.707. The maximum Gasteiger partial charge on any atom is 0.309 e. The zero-order valence-corrected chi connectivity index (χ0v) is 11.1. The Morgan fingerprint density at radius 3 is 2.21 bits per heavy atom. The maximum absolute atomic E-state index is 11.9. The highest BCUT2D eigenvalue weighted by atomic mass is 16.4. The summed E-state index contributed by atoms with van der Waals surface area (Å²) in [6, 6.07) is -0.934. The van der Waals surface area contributed by atoms with E-state index in [9.17, 15) is 19.5 Å². The highest BCUT2D eigenvalue weighted by Gasteiger charge is 2.41. The van der Waals surface area contributed by atoms with Crippen molar-refractivity contribution < 1.29 is 19.5 Å². The standard InChI is InChI=1S/C12H21N3O4/c1-2-12(11(18)19)3-5-15(6-4-12)10(17)8(13)7-9(14)16/h8H,2-7,13H2,1H3,(H2,14,16)(H,18,19). The minimum absolute atomic E-state index is 0.187. The average molecular weight is 271 g/mol. The molecule has 1 atom stereocenters. The Balaban J connectivity index is 2.60. The van der Waals surface area contributed by atoms with E-state index in [4.69, 9.17) is 11.5 Å². The topological polar surface area (TPSA) is 127 Å². The number of aliphatic carboxylic acids is 1. The van der Waals surface area contributed by atoms with Crippen LogP contribution in [0.15, 0.2) is 0 Å². The first-order chi connectivity index (χ1) is 8.82. The Hall–Kier alpha value is -1.63. The van der Waals surface area contributed by atoms with Crippen molar-refractivity contribution in [3.05, 3.63) is 0 Å². The van der Waals surface area contributed by atoms with Crippen LogP contribution in [0.2, 0.25) is 0 Å². The molecule has 1 saturated heterocycles. The fourth-order valence-electron chi connectivity index (χ4n) is 2.41. The largest absolute Gasteiger partial charge is 0.481 e. The van der Waals surface area contributed by atoms with E-state index in [0.717, 1.165) is 0 Å². The predicted molar refractivity (Wildman–Crippen MR) is 68.0 cm³/mol. The number of rotatable bonds is 5. The van der Waals surface area contributed by atoms with E-state index < -0.39 is 23.3 Å². The number of amides is 2. The SMILES string of the molecule is CCC1(C(=O)O)CCN(C(=O)C(N)CC(N)=O)CC1. The van der Waals surface area contributed by atoms with Gasteiger partial charge in [0.05, 0.1) is 17.9 Å². The van der Waals surface area contributed by atoms with Crippen LogP contribution in [0, 0.1) is 5.41 Å². The number of piperidine rings is 1. The van der Waals surface area contributed by atoms with Crippen LogP contribution in [0.3, 0.4) is 0 Å². The lowest BCUT2D eigenvalue weighted by Crippen LogP contribution is -2.51. The smallest absolute Gasteiger partial charge is 0.309 e. The molecule has 19 heavy (non-hydrogen) atoms. The van der Waals surface area contributed by atoms with E-state index in [0.29, 0.717) is 32.4 Å². The van der Waals surface area contributed by atoms with Gasteiger partial charge in [0.2, 0.25) is 11.8 Å². The van der Waals surface area contributed by atoms with Crippen LogP contribution in [0.4, 0.5) is 0 Å². The van der Waals surface area contributed by atoms with Crippen LogP contribution in [-0.2, 0) is 14.4 Å². The van der Waals surface area contributed by atoms with Gasteiger partial charge in [-0.2, -0.15) is 0 Å². The van der Waals surface area contributed by atoms with Gasteiger partial charge in [-0.1, -0.05) is 6.92 Å². The number of hydrogen-bond donors (Lipinski definition) is 3. The van der Waals surface area contributed by atoms with Crippen LogP contribution in [0.5, 0.6) is 0 Å². The van der Waals surface area contributed by atoms with Gasteiger partial charge in [0.15, 0.2) is 0 Å². The summed E-state index contributed by atoms with van der Waals surface area (Å²) in [5, 5.41) is 9.25. The van der Waals surface area contributed by atoms with Crippen molar-refractivity contribution in [3.63, 3.8) is 0 Å². The molecule has 1 fully saturated rings. The Kier molecular flexibility index (Phi) is 4.88. The Bertz CT molecular complexity index is 375. The molecule has 0 saturated carbocycles. The highest BCUT2D eigenvalue weighted by molar-refractivity contribution is 5.87.